The number of anilines is 2. The highest BCUT2D eigenvalue weighted by atomic mass is 16.5. The Morgan fingerprint density at radius 2 is 1.95 bits per heavy atom. The molecule has 2 fully saturated rings. The highest BCUT2D eigenvalue weighted by Crippen LogP contribution is 2.56. The molecule has 1 spiro atoms. The Bertz CT molecular complexity index is 565. The molecule has 0 radical (unpaired) electrons. The number of carbonyl (C=O) groups is 2. The molecule has 2 amide bonds. The second kappa shape index (κ2) is 6.06. The third kappa shape index (κ3) is 3.13. The lowest BCUT2D eigenvalue weighted by Crippen LogP contribution is -2.20. The number of ether oxygens (including phenoxy) is 1. The van der Waals surface area contributed by atoms with Gasteiger partial charge in [-0.15, -0.1) is 0 Å². The molecule has 22 heavy (non-hydrogen) atoms. The first-order valence-electron chi connectivity index (χ1n) is 7.53. The fourth-order valence-electron chi connectivity index (χ4n) is 3.15. The number of benzene rings is 1. The lowest BCUT2D eigenvalue weighted by Gasteiger charge is -2.09. The zero-order chi connectivity index (χ0) is 15.6. The number of hydrogen-bond acceptors (Lipinski definition) is 4. The topological polar surface area (TPSA) is 79.5 Å². The van der Waals surface area contributed by atoms with Gasteiger partial charge in [-0.25, -0.2) is 0 Å². The Kier molecular flexibility index (Phi) is 4.13. The molecule has 3 N–H and O–H groups in total. The summed E-state index contributed by atoms with van der Waals surface area (Å²) >= 11 is 0. The monoisotopic (exact) mass is 303 g/mol. The smallest absolute Gasteiger partial charge is 0.250 e. The highest BCUT2D eigenvalue weighted by Gasteiger charge is 2.58. The Morgan fingerprint density at radius 3 is 2.55 bits per heavy atom. The van der Waals surface area contributed by atoms with E-state index in [2.05, 4.69) is 16.0 Å². The maximum Gasteiger partial charge on any atom is 0.250 e. The summed E-state index contributed by atoms with van der Waals surface area (Å²) in [6.07, 6.45) is 2.08. The van der Waals surface area contributed by atoms with Gasteiger partial charge in [-0.1, -0.05) is 0 Å². The summed E-state index contributed by atoms with van der Waals surface area (Å²) in [5.74, 6) is 0.0244. The average Bonchev–Trinajstić information content (AvgIpc) is 2.99. The van der Waals surface area contributed by atoms with Crippen molar-refractivity contribution in [2.75, 3.05) is 37.4 Å². The molecule has 0 bridgehead atoms. The number of rotatable bonds is 5. The van der Waals surface area contributed by atoms with Gasteiger partial charge in [0, 0.05) is 30.9 Å². The fraction of sp³-hybridized carbons (Fsp3) is 0.500. The van der Waals surface area contributed by atoms with Gasteiger partial charge in [0.05, 0.1) is 0 Å². The van der Waals surface area contributed by atoms with E-state index in [0.717, 1.165) is 31.6 Å². The van der Waals surface area contributed by atoms with Gasteiger partial charge in [0.2, 0.25) is 11.8 Å². The first kappa shape index (κ1) is 15.0. The molecule has 6 heteroatoms. The zero-order valence-corrected chi connectivity index (χ0v) is 12.6. The maximum atomic E-state index is 12.3. The summed E-state index contributed by atoms with van der Waals surface area (Å²) in [7, 11) is 1.47. The van der Waals surface area contributed by atoms with Gasteiger partial charge in [-0.3, -0.25) is 9.59 Å². The fourth-order valence-corrected chi connectivity index (χ4v) is 3.15. The van der Waals surface area contributed by atoms with Gasteiger partial charge < -0.3 is 20.7 Å². The molecule has 1 aromatic carbocycles. The van der Waals surface area contributed by atoms with E-state index in [-0.39, 0.29) is 29.8 Å². The number of nitrogens with one attached hydrogen (secondary N) is 3. The average molecular weight is 303 g/mol. The molecule has 3 rings (SSSR count). The first-order chi connectivity index (χ1) is 10.6. The molecule has 2 atom stereocenters. The summed E-state index contributed by atoms with van der Waals surface area (Å²) in [4.78, 5) is 23.7. The van der Waals surface area contributed by atoms with Crippen molar-refractivity contribution in [1.29, 1.82) is 0 Å². The van der Waals surface area contributed by atoms with Crippen LogP contribution in [0.1, 0.15) is 12.8 Å². The quantitative estimate of drug-likeness (QED) is 0.764. The molecule has 6 nitrogen and oxygen atoms in total. The van der Waals surface area contributed by atoms with Crippen LogP contribution in [0.5, 0.6) is 0 Å². The van der Waals surface area contributed by atoms with Crippen LogP contribution < -0.4 is 16.0 Å². The van der Waals surface area contributed by atoms with Crippen molar-refractivity contribution < 1.29 is 14.3 Å². The maximum absolute atomic E-state index is 12.3. The molecule has 118 valence electrons. The van der Waals surface area contributed by atoms with Gasteiger partial charge in [0.25, 0.3) is 0 Å². The summed E-state index contributed by atoms with van der Waals surface area (Å²) in [5, 5.41) is 9.00. The van der Waals surface area contributed by atoms with Crippen LogP contribution in [0, 0.1) is 11.3 Å². The van der Waals surface area contributed by atoms with E-state index in [1.165, 1.54) is 7.11 Å². The normalized spacial score (nSPS) is 26.0. The van der Waals surface area contributed by atoms with Crippen LogP contribution in [0.3, 0.4) is 0 Å². The van der Waals surface area contributed by atoms with Crippen molar-refractivity contribution in [3.8, 4) is 0 Å². The van der Waals surface area contributed by atoms with Crippen LogP contribution in [-0.2, 0) is 14.3 Å². The number of hydrogen-bond donors (Lipinski definition) is 3. The molecule has 1 saturated carbocycles. The SMILES string of the molecule is COCC(=O)Nc1ccc(NC(=O)C2CC23CCNC3)cc1. The summed E-state index contributed by atoms with van der Waals surface area (Å²) < 4.78 is 4.76. The van der Waals surface area contributed by atoms with Crippen LogP contribution in [0.15, 0.2) is 24.3 Å². The van der Waals surface area contributed by atoms with E-state index in [0.29, 0.717) is 5.69 Å². The third-order valence-electron chi connectivity index (χ3n) is 4.49. The van der Waals surface area contributed by atoms with Crippen LogP contribution in [0.25, 0.3) is 0 Å². The lowest BCUT2D eigenvalue weighted by molar-refractivity contribution is -0.120. The van der Waals surface area contributed by atoms with Crippen molar-refractivity contribution in [2.45, 2.75) is 12.8 Å². The minimum atomic E-state index is -0.201. The molecule has 0 aromatic heterocycles. The third-order valence-corrected chi connectivity index (χ3v) is 4.49. The number of carbonyl (C=O) groups excluding carboxylic acids is 2. The molecule has 2 unspecified atom stereocenters. The Morgan fingerprint density at radius 1 is 1.27 bits per heavy atom. The van der Waals surface area contributed by atoms with Crippen LogP contribution in [-0.4, -0.2) is 38.6 Å². The predicted molar refractivity (Wildman–Crippen MR) is 83.6 cm³/mol. The molecular formula is C16H21N3O3. The number of methoxy groups -OCH3 is 1. The second-order valence-corrected chi connectivity index (χ2v) is 6.09. The van der Waals surface area contributed by atoms with Crippen molar-refractivity contribution in [3.63, 3.8) is 0 Å². The molecule has 1 heterocycles. The van der Waals surface area contributed by atoms with Crippen molar-refractivity contribution in [1.82, 2.24) is 5.32 Å². The van der Waals surface area contributed by atoms with E-state index < -0.39 is 0 Å². The Hall–Kier alpha value is -1.92. The van der Waals surface area contributed by atoms with Crippen molar-refractivity contribution in [3.05, 3.63) is 24.3 Å². The van der Waals surface area contributed by atoms with E-state index in [4.69, 9.17) is 4.74 Å². The second-order valence-electron chi connectivity index (χ2n) is 6.09. The standard InChI is InChI=1S/C16H21N3O3/c1-22-9-14(20)18-11-2-4-12(5-3-11)19-15(21)13-8-16(13)6-7-17-10-16/h2-5,13,17H,6-10H2,1H3,(H,18,20)(H,19,21). The first-order valence-corrected chi connectivity index (χ1v) is 7.53. The molecule has 1 aliphatic heterocycles. The summed E-state index contributed by atoms with van der Waals surface area (Å²) in [6.45, 7) is 1.99. The van der Waals surface area contributed by atoms with Crippen LogP contribution in [0.2, 0.25) is 0 Å². The largest absolute Gasteiger partial charge is 0.375 e. The predicted octanol–water partition coefficient (Wildman–Crippen LogP) is 1.21. The highest BCUT2D eigenvalue weighted by molar-refractivity contribution is 5.96. The summed E-state index contributed by atoms with van der Waals surface area (Å²) in [5.41, 5.74) is 1.64. The van der Waals surface area contributed by atoms with Gasteiger partial charge in [-0.05, 0) is 49.1 Å². The van der Waals surface area contributed by atoms with Crippen molar-refractivity contribution in [2.24, 2.45) is 11.3 Å². The number of amides is 2. The van der Waals surface area contributed by atoms with E-state index in [1.807, 2.05) is 0 Å². The molecule has 1 aromatic rings. The Labute approximate surface area is 129 Å². The minimum absolute atomic E-state index is 0.0241. The van der Waals surface area contributed by atoms with Crippen LogP contribution in [0.4, 0.5) is 11.4 Å². The summed E-state index contributed by atoms with van der Waals surface area (Å²) in [6, 6.07) is 7.12. The van der Waals surface area contributed by atoms with E-state index in [9.17, 15) is 9.59 Å². The van der Waals surface area contributed by atoms with Gasteiger partial charge in [0.1, 0.15) is 6.61 Å². The van der Waals surface area contributed by atoms with E-state index in [1.54, 1.807) is 24.3 Å². The van der Waals surface area contributed by atoms with Gasteiger partial charge >= 0.3 is 0 Å². The van der Waals surface area contributed by atoms with Crippen molar-refractivity contribution >= 4 is 23.2 Å². The lowest BCUT2D eigenvalue weighted by atomic mass is 10.0. The van der Waals surface area contributed by atoms with Crippen LogP contribution >= 0.6 is 0 Å². The molecule has 1 aliphatic carbocycles. The van der Waals surface area contributed by atoms with E-state index >= 15 is 0 Å². The molecule has 1 saturated heterocycles. The van der Waals surface area contributed by atoms with Gasteiger partial charge in [0.15, 0.2) is 0 Å². The minimum Gasteiger partial charge on any atom is -0.375 e. The Balaban J connectivity index is 1.53. The van der Waals surface area contributed by atoms with Gasteiger partial charge in [-0.2, -0.15) is 0 Å². The molecular weight excluding hydrogens is 282 g/mol. The zero-order valence-electron chi connectivity index (χ0n) is 12.6. The molecule has 2 aliphatic rings.